The predicted octanol–water partition coefficient (Wildman–Crippen LogP) is 13.9. The summed E-state index contributed by atoms with van der Waals surface area (Å²) in [6, 6.07) is 63.8. The number of thiophene rings is 1. The number of rotatable bonds is 5. The van der Waals surface area contributed by atoms with Gasteiger partial charge in [-0.15, -0.1) is 11.3 Å². The first kappa shape index (κ1) is 31.9. The molecule has 0 N–H and O–H groups in total. The molecule has 6 heteroatoms. The number of benzene rings is 8. The summed E-state index contributed by atoms with van der Waals surface area (Å²) < 4.78 is 11.7. The number of hydrogen-bond acceptors (Lipinski definition) is 5. The Bertz CT molecular complexity index is 3420. The molecule has 4 heterocycles. The van der Waals surface area contributed by atoms with Crippen LogP contribution in [0.5, 0.6) is 0 Å². The summed E-state index contributed by atoms with van der Waals surface area (Å²) in [6.07, 6.45) is 0. The van der Waals surface area contributed by atoms with Crippen molar-refractivity contribution in [2.75, 3.05) is 0 Å². The standard InChI is InChI=1S/C51H30N4OS/c1-3-12-31(13-4-1)49-52-50(32-14-5-2-6-15-32)54-51(53-49)34-23-25-39-42-19-11-18-36(48(42)56-45(39)28-34)33-22-26-40-41-27-24-35(30-47(41)57-46(40)29-33)55-43-20-9-7-16-37(43)38-17-8-10-21-44(38)55/h1-30H. The molecule has 0 radical (unpaired) electrons. The maximum absolute atomic E-state index is 6.76. The lowest BCUT2D eigenvalue weighted by Gasteiger charge is -2.08. The second-order valence-corrected chi connectivity index (χ2v) is 15.5. The zero-order valence-electron chi connectivity index (χ0n) is 30.4. The molecular weight excluding hydrogens is 717 g/mol. The summed E-state index contributed by atoms with van der Waals surface area (Å²) >= 11 is 1.84. The largest absolute Gasteiger partial charge is 0.455 e. The highest BCUT2D eigenvalue weighted by Crippen LogP contribution is 2.42. The monoisotopic (exact) mass is 746 g/mol. The van der Waals surface area contributed by atoms with E-state index in [9.17, 15) is 0 Å². The third-order valence-electron chi connectivity index (χ3n) is 11.1. The Morgan fingerprint density at radius 3 is 1.61 bits per heavy atom. The molecule has 0 atom stereocenters. The van der Waals surface area contributed by atoms with Crippen LogP contribution in [-0.2, 0) is 0 Å². The van der Waals surface area contributed by atoms with E-state index in [1.54, 1.807) is 0 Å². The summed E-state index contributed by atoms with van der Waals surface area (Å²) in [4.78, 5) is 14.8. The van der Waals surface area contributed by atoms with Gasteiger partial charge >= 0.3 is 0 Å². The number of nitrogens with zero attached hydrogens (tertiary/aromatic N) is 4. The molecule has 266 valence electrons. The molecule has 57 heavy (non-hydrogen) atoms. The van der Waals surface area contributed by atoms with E-state index in [1.807, 2.05) is 72.0 Å². The van der Waals surface area contributed by atoms with Gasteiger partial charge in [-0.3, -0.25) is 0 Å². The van der Waals surface area contributed by atoms with Crippen LogP contribution in [0.4, 0.5) is 0 Å². The van der Waals surface area contributed by atoms with Crippen molar-refractivity contribution in [2.45, 2.75) is 0 Å². The van der Waals surface area contributed by atoms with E-state index in [4.69, 9.17) is 19.4 Å². The second kappa shape index (κ2) is 12.6. The smallest absolute Gasteiger partial charge is 0.164 e. The molecule has 4 aromatic heterocycles. The highest BCUT2D eigenvalue weighted by Gasteiger charge is 2.18. The van der Waals surface area contributed by atoms with E-state index >= 15 is 0 Å². The fraction of sp³-hybridized carbons (Fsp3) is 0. The van der Waals surface area contributed by atoms with Crippen LogP contribution in [-0.4, -0.2) is 19.5 Å². The third-order valence-corrected chi connectivity index (χ3v) is 12.2. The van der Waals surface area contributed by atoms with Gasteiger partial charge in [-0.25, -0.2) is 15.0 Å². The van der Waals surface area contributed by atoms with Gasteiger partial charge in [-0.1, -0.05) is 140 Å². The Labute approximate surface area is 330 Å². The zero-order valence-corrected chi connectivity index (χ0v) is 31.2. The van der Waals surface area contributed by atoms with Gasteiger partial charge in [-0.2, -0.15) is 0 Å². The summed E-state index contributed by atoms with van der Waals surface area (Å²) in [5.41, 5.74) is 10.2. The SMILES string of the molecule is c1ccc(-c2nc(-c3ccccc3)nc(-c3ccc4c(c3)oc3c(-c5ccc6c(c5)sc5cc(-n7c8ccccc8c8ccccc87)ccc56)cccc34)n2)cc1. The lowest BCUT2D eigenvalue weighted by Crippen LogP contribution is -2.00. The summed E-state index contributed by atoms with van der Waals surface area (Å²) in [5, 5.41) is 7.19. The lowest BCUT2D eigenvalue weighted by molar-refractivity contribution is 0.670. The molecule has 0 fully saturated rings. The van der Waals surface area contributed by atoms with Gasteiger partial charge in [0.05, 0.1) is 11.0 Å². The van der Waals surface area contributed by atoms with Crippen molar-refractivity contribution in [3.05, 3.63) is 182 Å². The van der Waals surface area contributed by atoms with E-state index < -0.39 is 0 Å². The maximum atomic E-state index is 6.76. The first-order valence-corrected chi connectivity index (χ1v) is 19.8. The first-order valence-electron chi connectivity index (χ1n) is 19.0. The van der Waals surface area contributed by atoms with Crippen molar-refractivity contribution in [1.82, 2.24) is 19.5 Å². The highest BCUT2D eigenvalue weighted by molar-refractivity contribution is 7.25. The minimum atomic E-state index is 0.599. The Balaban J connectivity index is 0.955. The number of fused-ring (bicyclic) bond motifs is 9. The van der Waals surface area contributed by atoms with Gasteiger partial charge in [0.25, 0.3) is 0 Å². The average molecular weight is 747 g/mol. The van der Waals surface area contributed by atoms with Crippen LogP contribution in [0.3, 0.4) is 0 Å². The molecule has 0 aliphatic rings. The van der Waals surface area contributed by atoms with Crippen LogP contribution >= 0.6 is 11.3 Å². The Morgan fingerprint density at radius 2 is 0.930 bits per heavy atom. The number of aromatic nitrogens is 4. The fourth-order valence-corrected chi connectivity index (χ4v) is 9.55. The topological polar surface area (TPSA) is 56.7 Å². The summed E-state index contributed by atoms with van der Waals surface area (Å²) in [5.74, 6) is 1.86. The molecule has 0 saturated heterocycles. The first-order chi connectivity index (χ1) is 28.2. The minimum absolute atomic E-state index is 0.599. The molecule has 0 bridgehead atoms. The Morgan fingerprint density at radius 1 is 0.386 bits per heavy atom. The van der Waals surface area contributed by atoms with Gasteiger partial charge in [-0.05, 0) is 48.0 Å². The van der Waals surface area contributed by atoms with Crippen LogP contribution in [0.1, 0.15) is 0 Å². The van der Waals surface area contributed by atoms with E-state index in [-0.39, 0.29) is 0 Å². The number of furan rings is 1. The molecule has 5 nitrogen and oxygen atoms in total. The Hall–Kier alpha value is -7.41. The van der Waals surface area contributed by atoms with Crippen LogP contribution in [0.25, 0.3) is 115 Å². The molecular formula is C51H30N4OS. The lowest BCUT2D eigenvalue weighted by atomic mass is 10.0. The average Bonchev–Trinajstić information content (AvgIpc) is 3.95. The summed E-state index contributed by atoms with van der Waals surface area (Å²) in [7, 11) is 0. The Kier molecular flexibility index (Phi) is 7.03. The second-order valence-electron chi connectivity index (χ2n) is 14.4. The van der Waals surface area contributed by atoms with Gasteiger partial charge in [0.2, 0.25) is 0 Å². The fourth-order valence-electron chi connectivity index (χ4n) is 8.38. The normalized spacial score (nSPS) is 11.9. The van der Waals surface area contributed by atoms with Gasteiger partial charge < -0.3 is 8.98 Å². The van der Waals surface area contributed by atoms with Crippen molar-refractivity contribution in [1.29, 1.82) is 0 Å². The van der Waals surface area contributed by atoms with E-state index in [0.717, 1.165) is 49.8 Å². The van der Waals surface area contributed by atoms with E-state index in [0.29, 0.717) is 17.5 Å². The number of hydrogen-bond donors (Lipinski definition) is 0. The third kappa shape index (κ3) is 5.12. The molecule has 0 aliphatic heterocycles. The van der Waals surface area contributed by atoms with Crippen LogP contribution in [0.15, 0.2) is 186 Å². The van der Waals surface area contributed by atoms with E-state index in [1.165, 1.54) is 47.7 Å². The predicted molar refractivity (Wildman–Crippen MR) is 236 cm³/mol. The van der Waals surface area contributed by atoms with Crippen molar-refractivity contribution < 1.29 is 4.42 Å². The van der Waals surface area contributed by atoms with Crippen molar-refractivity contribution >= 4 is 75.3 Å². The summed E-state index contributed by atoms with van der Waals surface area (Å²) in [6.45, 7) is 0. The molecule has 0 saturated carbocycles. The molecule has 0 unspecified atom stereocenters. The molecule has 8 aromatic carbocycles. The molecule has 12 aromatic rings. The molecule has 12 rings (SSSR count). The molecule has 0 spiro atoms. The molecule has 0 amide bonds. The molecule has 0 aliphatic carbocycles. The maximum Gasteiger partial charge on any atom is 0.164 e. The zero-order chi connectivity index (χ0) is 37.5. The number of para-hydroxylation sites is 3. The van der Waals surface area contributed by atoms with Gasteiger partial charge in [0.1, 0.15) is 11.2 Å². The van der Waals surface area contributed by atoms with Gasteiger partial charge in [0.15, 0.2) is 17.5 Å². The van der Waals surface area contributed by atoms with Gasteiger partial charge in [0, 0.05) is 69.7 Å². The van der Waals surface area contributed by atoms with E-state index in [2.05, 4.69) is 126 Å². The minimum Gasteiger partial charge on any atom is -0.455 e. The van der Waals surface area contributed by atoms with Crippen LogP contribution in [0, 0.1) is 0 Å². The quantitative estimate of drug-likeness (QED) is 0.176. The van der Waals surface area contributed by atoms with Crippen molar-refractivity contribution in [2.24, 2.45) is 0 Å². The van der Waals surface area contributed by atoms with Crippen LogP contribution < -0.4 is 0 Å². The highest BCUT2D eigenvalue weighted by atomic mass is 32.1. The van der Waals surface area contributed by atoms with Crippen molar-refractivity contribution in [3.8, 4) is 51.0 Å². The van der Waals surface area contributed by atoms with Crippen LogP contribution in [0.2, 0.25) is 0 Å². The van der Waals surface area contributed by atoms with Crippen molar-refractivity contribution in [3.63, 3.8) is 0 Å².